The summed E-state index contributed by atoms with van der Waals surface area (Å²) in [6.45, 7) is 0.797. The number of carbonyl (C=O) groups is 1. The van der Waals surface area contributed by atoms with Crippen LogP contribution in [-0.4, -0.2) is 17.6 Å². The summed E-state index contributed by atoms with van der Waals surface area (Å²) in [5.74, 6) is 0.668. The third-order valence-corrected chi connectivity index (χ3v) is 3.07. The molecule has 0 bridgehead atoms. The molecule has 0 aromatic rings. The van der Waals surface area contributed by atoms with E-state index in [1.807, 2.05) is 0 Å². The molecule has 1 rings (SSSR count). The van der Waals surface area contributed by atoms with Gasteiger partial charge in [-0.05, 0) is 37.6 Å². The molecule has 1 saturated carbocycles. The minimum atomic E-state index is -0.666. The first-order chi connectivity index (χ1) is 6.22. The van der Waals surface area contributed by atoms with Crippen molar-refractivity contribution in [2.24, 2.45) is 17.6 Å². The summed E-state index contributed by atoms with van der Waals surface area (Å²) in [6, 6.07) is 0. The van der Waals surface area contributed by atoms with Crippen LogP contribution in [0.25, 0.3) is 0 Å². The number of hydrogen-bond donors (Lipinski definition) is 2. The summed E-state index contributed by atoms with van der Waals surface area (Å²) in [5.41, 5.74) is 5.58. The second-order valence-corrected chi connectivity index (χ2v) is 4.05. The van der Waals surface area contributed by atoms with Crippen LogP contribution in [0, 0.1) is 11.8 Å². The van der Waals surface area contributed by atoms with E-state index in [1.165, 1.54) is 25.7 Å². The smallest absolute Gasteiger partial charge is 0.303 e. The van der Waals surface area contributed by atoms with Gasteiger partial charge in [-0.1, -0.05) is 12.8 Å². The quantitative estimate of drug-likeness (QED) is 0.764. The predicted molar refractivity (Wildman–Crippen MR) is 58.6 cm³/mol. The molecule has 1 aliphatic rings. The first-order valence-electron chi connectivity index (χ1n) is 5.14. The number of carboxylic acid groups (broad SMARTS) is 1. The highest BCUT2D eigenvalue weighted by Gasteiger charge is 2.20. The topological polar surface area (TPSA) is 63.3 Å². The van der Waals surface area contributed by atoms with Crippen LogP contribution in [0.1, 0.15) is 38.5 Å². The Kier molecular flexibility index (Phi) is 6.93. The highest BCUT2D eigenvalue weighted by molar-refractivity contribution is 5.85. The molecule has 3 N–H and O–H groups in total. The molecule has 0 aromatic heterocycles. The van der Waals surface area contributed by atoms with E-state index in [0.717, 1.165) is 13.0 Å². The van der Waals surface area contributed by atoms with Crippen LogP contribution in [0.3, 0.4) is 0 Å². The predicted octanol–water partition coefficient (Wildman–Crippen LogP) is 2.04. The van der Waals surface area contributed by atoms with Crippen LogP contribution < -0.4 is 5.73 Å². The van der Waals surface area contributed by atoms with Gasteiger partial charge in [0.25, 0.3) is 0 Å². The molecule has 84 valence electrons. The minimum Gasteiger partial charge on any atom is -0.481 e. The zero-order valence-corrected chi connectivity index (χ0v) is 9.26. The lowest BCUT2D eigenvalue weighted by molar-refractivity contribution is -0.137. The zero-order valence-electron chi connectivity index (χ0n) is 8.45. The third-order valence-electron chi connectivity index (χ3n) is 3.07. The zero-order chi connectivity index (χ0) is 9.68. The van der Waals surface area contributed by atoms with Gasteiger partial charge in [0.1, 0.15) is 0 Å². The van der Waals surface area contributed by atoms with Gasteiger partial charge >= 0.3 is 5.97 Å². The number of hydrogen-bond acceptors (Lipinski definition) is 2. The van der Waals surface area contributed by atoms with Crippen LogP contribution in [0.15, 0.2) is 0 Å². The van der Waals surface area contributed by atoms with E-state index < -0.39 is 5.97 Å². The Hall–Kier alpha value is -0.280. The molecule has 0 saturated heterocycles. The van der Waals surface area contributed by atoms with Crippen molar-refractivity contribution < 1.29 is 9.90 Å². The average molecular weight is 222 g/mol. The highest BCUT2D eigenvalue weighted by Crippen LogP contribution is 2.30. The van der Waals surface area contributed by atoms with Gasteiger partial charge in [0.15, 0.2) is 0 Å². The lowest BCUT2D eigenvalue weighted by atomic mass is 9.80. The van der Waals surface area contributed by atoms with Gasteiger partial charge < -0.3 is 10.8 Å². The van der Waals surface area contributed by atoms with Gasteiger partial charge in [-0.15, -0.1) is 12.4 Å². The third kappa shape index (κ3) is 4.82. The Morgan fingerprint density at radius 1 is 1.21 bits per heavy atom. The van der Waals surface area contributed by atoms with Crippen molar-refractivity contribution in [1.82, 2.24) is 0 Å². The van der Waals surface area contributed by atoms with E-state index in [4.69, 9.17) is 10.8 Å². The summed E-state index contributed by atoms with van der Waals surface area (Å²) < 4.78 is 0. The van der Waals surface area contributed by atoms with Crippen molar-refractivity contribution >= 4 is 18.4 Å². The molecule has 3 nitrogen and oxygen atoms in total. The van der Waals surface area contributed by atoms with E-state index in [2.05, 4.69) is 0 Å². The second-order valence-electron chi connectivity index (χ2n) is 4.05. The minimum absolute atomic E-state index is 0. The van der Waals surface area contributed by atoms with Gasteiger partial charge in [0.2, 0.25) is 0 Å². The molecule has 0 radical (unpaired) electrons. The van der Waals surface area contributed by atoms with E-state index in [-0.39, 0.29) is 12.4 Å². The molecule has 0 unspecified atom stereocenters. The van der Waals surface area contributed by atoms with E-state index in [9.17, 15) is 4.79 Å². The molecule has 0 aromatic carbocycles. The van der Waals surface area contributed by atoms with Gasteiger partial charge in [-0.25, -0.2) is 0 Å². The molecule has 0 spiro atoms. The SMILES string of the molecule is Cl.NCC1CCC(CCC(=O)O)CC1. The fraction of sp³-hybridized carbons (Fsp3) is 0.900. The van der Waals surface area contributed by atoms with Crippen LogP contribution in [0.2, 0.25) is 0 Å². The Morgan fingerprint density at radius 2 is 1.71 bits per heavy atom. The Labute approximate surface area is 91.5 Å². The lowest BCUT2D eigenvalue weighted by Crippen LogP contribution is -2.21. The van der Waals surface area contributed by atoms with Gasteiger partial charge in [0, 0.05) is 6.42 Å². The molecule has 0 aliphatic heterocycles. The van der Waals surface area contributed by atoms with E-state index >= 15 is 0 Å². The molecule has 4 heteroatoms. The second kappa shape index (κ2) is 7.07. The Bertz CT molecular complexity index is 168. The van der Waals surface area contributed by atoms with Crippen molar-refractivity contribution in [3.63, 3.8) is 0 Å². The van der Waals surface area contributed by atoms with Crippen LogP contribution in [0.5, 0.6) is 0 Å². The molecule has 0 atom stereocenters. The first-order valence-corrected chi connectivity index (χ1v) is 5.14. The fourth-order valence-corrected chi connectivity index (χ4v) is 2.08. The largest absolute Gasteiger partial charge is 0.481 e. The van der Waals surface area contributed by atoms with Crippen molar-refractivity contribution in [2.75, 3.05) is 6.54 Å². The normalized spacial score (nSPS) is 26.6. The highest BCUT2D eigenvalue weighted by atomic mass is 35.5. The summed E-state index contributed by atoms with van der Waals surface area (Å²) in [4.78, 5) is 10.3. The monoisotopic (exact) mass is 221 g/mol. The van der Waals surface area contributed by atoms with Gasteiger partial charge in [0.05, 0.1) is 0 Å². The van der Waals surface area contributed by atoms with Crippen molar-refractivity contribution in [1.29, 1.82) is 0 Å². The fourth-order valence-electron chi connectivity index (χ4n) is 2.08. The maximum atomic E-state index is 10.3. The Morgan fingerprint density at radius 3 is 2.14 bits per heavy atom. The van der Waals surface area contributed by atoms with Crippen molar-refractivity contribution in [3.8, 4) is 0 Å². The van der Waals surface area contributed by atoms with Crippen molar-refractivity contribution in [3.05, 3.63) is 0 Å². The van der Waals surface area contributed by atoms with Crippen LogP contribution in [0.4, 0.5) is 0 Å². The molecule has 1 fully saturated rings. The molecule has 0 amide bonds. The summed E-state index contributed by atoms with van der Waals surface area (Å²) in [6.07, 6.45) is 5.93. The molecule has 0 heterocycles. The number of carboxylic acids is 1. The molecular formula is C10H20ClNO2. The summed E-state index contributed by atoms with van der Waals surface area (Å²) in [7, 11) is 0. The van der Waals surface area contributed by atoms with Gasteiger partial charge in [-0.3, -0.25) is 4.79 Å². The van der Waals surface area contributed by atoms with Crippen molar-refractivity contribution in [2.45, 2.75) is 38.5 Å². The van der Waals surface area contributed by atoms with Crippen LogP contribution in [-0.2, 0) is 4.79 Å². The van der Waals surface area contributed by atoms with Gasteiger partial charge in [-0.2, -0.15) is 0 Å². The average Bonchev–Trinajstić information content (AvgIpc) is 2.15. The molecule has 1 aliphatic carbocycles. The van der Waals surface area contributed by atoms with Crippen LogP contribution >= 0.6 is 12.4 Å². The Balaban J connectivity index is 0.00000169. The maximum Gasteiger partial charge on any atom is 0.303 e. The molecular weight excluding hydrogens is 202 g/mol. The standard InChI is InChI=1S/C10H19NO2.ClH/c11-7-9-3-1-8(2-4-9)5-6-10(12)13;/h8-9H,1-7,11H2,(H,12,13);1H. The van der Waals surface area contributed by atoms with E-state index in [1.54, 1.807) is 0 Å². The maximum absolute atomic E-state index is 10.3. The molecule has 14 heavy (non-hydrogen) atoms. The summed E-state index contributed by atoms with van der Waals surface area (Å²) in [5, 5.41) is 8.52. The summed E-state index contributed by atoms with van der Waals surface area (Å²) >= 11 is 0. The number of nitrogens with two attached hydrogens (primary N) is 1. The number of rotatable bonds is 4. The number of halogens is 1. The number of aliphatic carboxylic acids is 1. The van der Waals surface area contributed by atoms with E-state index in [0.29, 0.717) is 18.3 Å². The first kappa shape index (κ1) is 13.7. The lowest BCUT2D eigenvalue weighted by Gasteiger charge is -2.27.